The lowest BCUT2D eigenvalue weighted by atomic mass is 10.1. The smallest absolute Gasteiger partial charge is 0.234 e. The maximum Gasteiger partial charge on any atom is 0.234 e. The van der Waals surface area contributed by atoms with Crippen molar-refractivity contribution >= 4 is 29.1 Å². The fourth-order valence-corrected chi connectivity index (χ4v) is 3.63. The maximum absolute atomic E-state index is 12.3. The van der Waals surface area contributed by atoms with Gasteiger partial charge in [-0.15, -0.1) is 10.2 Å². The first-order valence-corrected chi connectivity index (χ1v) is 10.7. The van der Waals surface area contributed by atoms with Crippen LogP contribution in [0.1, 0.15) is 30.0 Å². The van der Waals surface area contributed by atoms with E-state index < -0.39 is 0 Å². The van der Waals surface area contributed by atoms with Gasteiger partial charge in [-0.25, -0.2) is 0 Å². The van der Waals surface area contributed by atoms with Crippen LogP contribution in [0.25, 0.3) is 0 Å². The summed E-state index contributed by atoms with van der Waals surface area (Å²) in [6.45, 7) is 4.39. The van der Waals surface area contributed by atoms with Gasteiger partial charge in [0.1, 0.15) is 18.1 Å². The molecule has 0 bridgehead atoms. The van der Waals surface area contributed by atoms with Gasteiger partial charge in [-0.1, -0.05) is 23.9 Å². The lowest BCUT2D eigenvalue weighted by molar-refractivity contribution is -0.113. The maximum atomic E-state index is 12.3. The number of nitrogens with one attached hydrogen (secondary N) is 1. The van der Waals surface area contributed by atoms with E-state index in [0.717, 1.165) is 5.75 Å². The number of aromatic nitrogens is 3. The SMILES string of the molecule is CCn1c(COc2ccc(OC)cc2)nnc1SCC(=O)Nc1cccc(C(C)=O)c1. The van der Waals surface area contributed by atoms with E-state index in [-0.39, 0.29) is 24.1 Å². The van der Waals surface area contributed by atoms with Crippen molar-refractivity contribution in [2.45, 2.75) is 32.2 Å². The van der Waals surface area contributed by atoms with Gasteiger partial charge in [0.15, 0.2) is 16.8 Å². The molecule has 0 aliphatic rings. The van der Waals surface area contributed by atoms with Gasteiger partial charge in [0.05, 0.1) is 12.9 Å². The Balaban J connectivity index is 1.56. The number of Topliss-reactive ketones (excluding diaryl/α,β-unsaturated/α-hetero) is 1. The first kappa shape index (κ1) is 22.4. The zero-order valence-corrected chi connectivity index (χ0v) is 18.4. The van der Waals surface area contributed by atoms with Gasteiger partial charge >= 0.3 is 0 Å². The summed E-state index contributed by atoms with van der Waals surface area (Å²) >= 11 is 1.30. The number of thioether (sulfide) groups is 1. The van der Waals surface area contributed by atoms with Crippen LogP contribution in [-0.4, -0.2) is 39.3 Å². The van der Waals surface area contributed by atoms with Crippen LogP contribution < -0.4 is 14.8 Å². The van der Waals surface area contributed by atoms with E-state index in [1.165, 1.54) is 18.7 Å². The average Bonchev–Trinajstić information content (AvgIpc) is 3.18. The van der Waals surface area contributed by atoms with Crippen molar-refractivity contribution in [1.82, 2.24) is 14.8 Å². The Morgan fingerprint density at radius 3 is 2.52 bits per heavy atom. The monoisotopic (exact) mass is 440 g/mol. The molecule has 0 aliphatic heterocycles. The second-order valence-corrected chi connectivity index (χ2v) is 7.52. The van der Waals surface area contributed by atoms with Gasteiger partial charge in [-0.2, -0.15) is 0 Å². The molecule has 9 heteroatoms. The number of nitrogens with zero attached hydrogens (tertiary/aromatic N) is 3. The Labute approximate surface area is 185 Å². The largest absolute Gasteiger partial charge is 0.497 e. The Kier molecular flexibility index (Phi) is 7.66. The van der Waals surface area contributed by atoms with Crippen molar-refractivity contribution in [2.75, 3.05) is 18.2 Å². The zero-order valence-electron chi connectivity index (χ0n) is 17.6. The highest BCUT2D eigenvalue weighted by molar-refractivity contribution is 7.99. The second kappa shape index (κ2) is 10.6. The van der Waals surface area contributed by atoms with Crippen LogP contribution >= 0.6 is 11.8 Å². The molecule has 0 saturated carbocycles. The fraction of sp³-hybridized carbons (Fsp3) is 0.273. The lowest BCUT2D eigenvalue weighted by Crippen LogP contribution is -2.15. The zero-order chi connectivity index (χ0) is 22.2. The number of amides is 1. The quantitative estimate of drug-likeness (QED) is 0.378. The van der Waals surface area contributed by atoms with Crippen LogP contribution in [0.5, 0.6) is 11.5 Å². The molecule has 3 aromatic rings. The minimum atomic E-state index is -0.188. The summed E-state index contributed by atoms with van der Waals surface area (Å²) in [5.41, 5.74) is 1.14. The van der Waals surface area contributed by atoms with Gasteiger partial charge < -0.3 is 19.4 Å². The van der Waals surface area contributed by atoms with E-state index in [4.69, 9.17) is 9.47 Å². The first-order valence-electron chi connectivity index (χ1n) is 9.72. The molecule has 162 valence electrons. The first-order chi connectivity index (χ1) is 15.0. The fourth-order valence-electron chi connectivity index (χ4n) is 2.81. The second-order valence-electron chi connectivity index (χ2n) is 6.58. The minimum absolute atomic E-state index is 0.0501. The number of ether oxygens (including phenoxy) is 2. The van der Waals surface area contributed by atoms with Crippen LogP contribution in [0.4, 0.5) is 5.69 Å². The molecule has 0 saturated heterocycles. The van der Waals surface area contributed by atoms with Crippen LogP contribution in [-0.2, 0) is 17.9 Å². The van der Waals surface area contributed by atoms with Gasteiger partial charge in [0.2, 0.25) is 5.91 Å². The van der Waals surface area contributed by atoms with Gasteiger partial charge in [-0.3, -0.25) is 9.59 Å². The van der Waals surface area contributed by atoms with E-state index in [1.807, 2.05) is 35.8 Å². The standard InChI is InChI=1S/C22H24N4O4S/c1-4-26-20(13-30-19-10-8-18(29-3)9-11-19)24-25-22(26)31-14-21(28)23-17-7-5-6-16(12-17)15(2)27/h5-12H,4,13-14H2,1-3H3,(H,23,28). The molecule has 8 nitrogen and oxygen atoms in total. The highest BCUT2D eigenvalue weighted by atomic mass is 32.2. The molecule has 0 radical (unpaired) electrons. The van der Waals surface area contributed by atoms with Crippen molar-refractivity contribution in [2.24, 2.45) is 0 Å². The molecule has 0 aliphatic carbocycles. The van der Waals surface area contributed by atoms with Crippen LogP contribution in [0.2, 0.25) is 0 Å². The molecule has 1 heterocycles. The summed E-state index contributed by atoms with van der Waals surface area (Å²) in [5.74, 6) is 2.07. The molecule has 1 aromatic heterocycles. The summed E-state index contributed by atoms with van der Waals surface area (Å²) in [6, 6.07) is 14.2. The molecule has 0 fully saturated rings. The average molecular weight is 441 g/mol. The summed E-state index contributed by atoms with van der Waals surface area (Å²) in [4.78, 5) is 23.8. The van der Waals surface area contributed by atoms with Crippen LogP contribution in [0.15, 0.2) is 53.7 Å². The lowest BCUT2D eigenvalue weighted by Gasteiger charge is -2.09. The number of ketones is 1. The van der Waals surface area contributed by atoms with Crippen molar-refractivity contribution < 1.29 is 19.1 Å². The molecule has 0 unspecified atom stereocenters. The summed E-state index contributed by atoms with van der Waals surface area (Å²) in [7, 11) is 1.61. The summed E-state index contributed by atoms with van der Waals surface area (Å²) in [6.07, 6.45) is 0. The summed E-state index contributed by atoms with van der Waals surface area (Å²) in [5, 5.41) is 11.8. The van der Waals surface area contributed by atoms with E-state index >= 15 is 0 Å². The molecule has 0 spiro atoms. The van der Waals surface area contributed by atoms with Crippen LogP contribution in [0.3, 0.4) is 0 Å². The Hall–Kier alpha value is -3.33. The van der Waals surface area contributed by atoms with Gasteiger partial charge in [0.25, 0.3) is 0 Å². The molecule has 1 amide bonds. The number of hydrogen-bond acceptors (Lipinski definition) is 7. The van der Waals surface area contributed by atoms with E-state index in [0.29, 0.717) is 34.5 Å². The highest BCUT2D eigenvalue weighted by Crippen LogP contribution is 2.21. The topological polar surface area (TPSA) is 95.3 Å². The number of carbonyl (C=O) groups excluding carboxylic acids is 2. The highest BCUT2D eigenvalue weighted by Gasteiger charge is 2.14. The van der Waals surface area contributed by atoms with Gasteiger partial charge in [-0.05, 0) is 50.2 Å². The number of anilines is 1. The van der Waals surface area contributed by atoms with E-state index in [1.54, 1.807) is 31.4 Å². The Morgan fingerprint density at radius 2 is 1.84 bits per heavy atom. The molecule has 1 N–H and O–H groups in total. The third-order valence-electron chi connectivity index (χ3n) is 4.42. The molecular weight excluding hydrogens is 416 g/mol. The van der Waals surface area contributed by atoms with Gasteiger partial charge in [0, 0.05) is 17.8 Å². The number of hydrogen-bond donors (Lipinski definition) is 1. The van der Waals surface area contributed by atoms with Crippen molar-refractivity contribution in [3.05, 3.63) is 59.9 Å². The van der Waals surface area contributed by atoms with E-state index in [9.17, 15) is 9.59 Å². The number of methoxy groups -OCH3 is 1. The minimum Gasteiger partial charge on any atom is -0.497 e. The predicted molar refractivity (Wildman–Crippen MR) is 119 cm³/mol. The van der Waals surface area contributed by atoms with Crippen molar-refractivity contribution in [3.63, 3.8) is 0 Å². The van der Waals surface area contributed by atoms with Crippen molar-refractivity contribution in [1.29, 1.82) is 0 Å². The van der Waals surface area contributed by atoms with Crippen molar-refractivity contribution in [3.8, 4) is 11.5 Å². The molecule has 2 aromatic carbocycles. The van der Waals surface area contributed by atoms with E-state index in [2.05, 4.69) is 15.5 Å². The third kappa shape index (κ3) is 6.08. The molecule has 3 rings (SSSR count). The summed E-state index contributed by atoms with van der Waals surface area (Å²) < 4.78 is 12.8. The Bertz CT molecular complexity index is 1050. The molecule has 31 heavy (non-hydrogen) atoms. The number of benzene rings is 2. The normalized spacial score (nSPS) is 10.5. The third-order valence-corrected chi connectivity index (χ3v) is 5.39. The molecule has 0 atom stereocenters. The van der Waals surface area contributed by atoms with Crippen LogP contribution in [0, 0.1) is 0 Å². The number of rotatable bonds is 10. The predicted octanol–water partition coefficient (Wildman–Crippen LogP) is 3.82. The number of carbonyl (C=O) groups is 2. The molecular formula is C22H24N4O4S. The Morgan fingerprint density at radius 1 is 1.10 bits per heavy atom.